The fraction of sp³-hybridized carbons (Fsp3) is 0.357. The first-order chi connectivity index (χ1) is 9.81. The zero-order chi connectivity index (χ0) is 15.7. The van der Waals surface area contributed by atoms with Crippen LogP contribution in [-0.4, -0.2) is 20.7 Å². The van der Waals surface area contributed by atoms with E-state index in [9.17, 15) is 9.59 Å². The van der Waals surface area contributed by atoms with Crippen LogP contribution in [0.25, 0.3) is 0 Å². The molecule has 6 nitrogen and oxygen atoms in total. The number of H-pyrrole nitrogens is 1. The highest BCUT2D eigenvalue weighted by atomic mass is 35.5. The fourth-order valence-electron chi connectivity index (χ4n) is 2.21. The third-order valence-electron chi connectivity index (χ3n) is 3.32. The SMILES string of the molecule is Cc1cc(CNC(=O)c2c(C)c(Cl)c(C)[nH]c2=O)n(C)n1. The van der Waals surface area contributed by atoms with Crippen molar-refractivity contribution in [2.75, 3.05) is 0 Å². The smallest absolute Gasteiger partial charge is 0.261 e. The van der Waals surface area contributed by atoms with E-state index in [2.05, 4.69) is 15.4 Å². The van der Waals surface area contributed by atoms with Crippen molar-refractivity contribution in [1.29, 1.82) is 0 Å². The van der Waals surface area contributed by atoms with E-state index in [1.165, 1.54) is 0 Å². The number of hydrogen-bond acceptors (Lipinski definition) is 3. The van der Waals surface area contributed by atoms with Crippen molar-refractivity contribution in [3.05, 3.63) is 49.7 Å². The van der Waals surface area contributed by atoms with Crippen molar-refractivity contribution in [3.8, 4) is 0 Å². The second kappa shape index (κ2) is 5.73. The normalized spacial score (nSPS) is 10.7. The van der Waals surface area contributed by atoms with Gasteiger partial charge in [-0.2, -0.15) is 5.10 Å². The Bertz CT molecular complexity index is 761. The van der Waals surface area contributed by atoms with Gasteiger partial charge in [0.25, 0.3) is 11.5 Å². The predicted octanol–water partition coefficient (Wildman–Crippen LogP) is 1.62. The van der Waals surface area contributed by atoms with Gasteiger partial charge in [-0.05, 0) is 32.4 Å². The quantitative estimate of drug-likeness (QED) is 0.904. The van der Waals surface area contributed by atoms with Gasteiger partial charge in [0, 0.05) is 12.7 Å². The lowest BCUT2D eigenvalue weighted by atomic mass is 10.1. The lowest BCUT2D eigenvalue weighted by Crippen LogP contribution is -2.31. The third-order valence-corrected chi connectivity index (χ3v) is 3.88. The van der Waals surface area contributed by atoms with Crippen LogP contribution in [0.1, 0.15) is 33.0 Å². The maximum Gasteiger partial charge on any atom is 0.261 e. The molecule has 21 heavy (non-hydrogen) atoms. The summed E-state index contributed by atoms with van der Waals surface area (Å²) in [4.78, 5) is 26.7. The highest BCUT2D eigenvalue weighted by Gasteiger charge is 2.18. The van der Waals surface area contributed by atoms with Gasteiger partial charge >= 0.3 is 0 Å². The molecule has 0 aliphatic rings. The van der Waals surface area contributed by atoms with E-state index in [1.807, 2.05) is 13.0 Å². The molecule has 0 saturated carbocycles. The molecule has 0 spiro atoms. The molecule has 7 heteroatoms. The maximum atomic E-state index is 12.2. The molecular weight excluding hydrogens is 292 g/mol. The molecule has 0 aliphatic carbocycles. The average molecular weight is 309 g/mol. The molecule has 2 aromatic heterocycles. The van der Waals surface area contributed by atoms with Crippen molar-refractivity contribution in [2.45, 2.75) is 27.3 Å². The van der Waals surface area contributed by atoms with Gasteiger partial charge in [-0.15, -0.1) is 0 Å². The van der Waals surface area contributed by atoms with Gasteiger partial charge in [-0.25, -0.2) is 0 Å². The summed E-state index contributed by atoms with van der Waals surface area (Å²) >= 11 is 6.08. The molecule has 1 amide bonds. The second-order valence-corrected chi connectivity index (χ2v) is 5.35. The number of aromatic amines is 1. The van der Waals surface area contributed by atoms with E-state index in [0.717, 1.165) is 11.4 Å². The topological polar surface area (TPSA) is 79.8 Å². The first-order valence-corrected chi connectivity index (χ1v) is 6.85. The molecular formula is C14H17ClN4O2. The van der Waals surface area contributed by atoms with Crippen molar-refractivity contribution < 1.29 is 4.79 Å². The molecule has 0 bridgehead atoms. The highest BCUT2D eigenvalue weighted by Crippen LogP contribution is 2.18. The molecule has 0 radical (unpaired) electrons. The van der Waals surface area contributed by atoms with Gasteiger partial charge in [-0.3, -0.25) is 14.3 Å². The van der Waals surface area contributed by atoms with Gasteiger partial charge < -0.3 is 10.3 Å². The number of aromatic nitrogens is 3. The van der Waals surface area contributed by atoms with Crippen LogP contribution < -0.4 is 10.9 Å². The van der Waals surface area contributed by atoms with Crippen molar-refractivity contribution in [1.82, 2.24) is 20.1 Å². The van der Waals surface area contributed by atoms with E-state index in [-0.39, 0.29) is 5.56 Å². The molecule has 0 aromatic carbocycles. The van der Waals surface area contributed by atoms with Crippen LogP contribution in [0.3, 0.4) is 0 Å². The van der Waals surface area contributed by atoms with E-state index < -0.39 is 11.5 Å². The Morgan fingerprint density at radius 3 is 2.67 bits per heavy atom. The summed E-state index contributed by atoms with van der Waals surface area (Å²) in [5.74, 6) is -0.450. The van der Waals surface area contributed by atoms with Crippen molar-refractivity contribution >= 4 is 17.5 Å². The van der Waals surface area contributed by atoms with E-state index in [0.29, 0.717) is 22.8 Å². The lowest BCUT2D eigenvalue weighted by molar-refractivity contribution is 0.0948. The highest BCUT2D eigenvalue weighted by molar-refractivity contribution is 6.32. The van der Waals surface area contributed by atoms with Crippen LogP contribution >= 0.6 is 11.6 Å². The number of carbonyl (C=O) groups is 1. The number of carbonyl (C=O) groups excluding carboxylic acids is 1. The standard InChI is InChI=1S/C14H17ClN4O2/c1-7-5-10(19(4)18-7)6-16-13(20)11-8(2)12(15)9(3)17-14(11)21/h5H,6H2,1-4H3,(H,16,20)(H,17,21). The molecule has 2 rings (SSSR count). The molecule has 0 fully saturated rings. The van der Waals surface area contributed by atoms with Crippen LogP contribution in [0.4, 0.5) is 0 Å². The first-order valence-electron chi connectivity index (χ1n) is 6.48. The Hall–Kier alpha value is -2.08. The molecule has 112 valence electrons. The number of pyridine rings is 1. The first kappa shape index (κ1) is 15.3. The van der Waals surface area contributed by atoms with E-state index >= 15 is 0 Å². The Morgan fingerprint density at radius 2 is 2.10 bits per heavy atom. The summed E-state index contributed by atoms with van der Waals surface area (Å²) in [6, 6.07) is 1.87. The van der Waals surface area contributed by atoms with Gasteiger partial charge in [0.05, 0.1) is 23.0 Å². The van der Waals surface area contributed by atoms with Crippen molar-refractivity contribution in [3.63, 3.8) is 0 Å². The molecule has 0 saturated heterocycles. The Balaban J connectivity index is 2.24. The minimum atomic E-state index is -0.450. The minimum absolute atomic E-state index is 0.0458. The monoisotopic (exact) mass is 308 g/mol. The number of amides is 1. The molecule has 0 atom stereocenters. The Morgan fingerprint density at radius 1 is 1.43 bits per heavy atom. The van der Waals surface area contributed by atoms with Gasteiger partial charge in [-0.1, -0.05) is 11.6 Å². The molecule has 0 unspecified atom stereocenters. The number of hydrogen-bond donors (Lipinski definition) is 2. The van der Waals surface area contributed by atoms with Gasteiger partial charge in [0.2, 0.25) is 0 Å². The van der Waals surface area contributed by atoms with Crippen LogP contribution in [0.5, 0.6) is 0 Å². The fourth-order valence-corrected chi connectivity index (χ4v) is 2.35. The predicted molar refractivity (Wildman–Crippen MR) is 80.7 cm³/mol. The summed E-state index contributed by atoms with van der Waals surface area (Å²) in [6.07, 6.45) is 0. The maximum absolute atomic E-state index is 12.2. The van der Waals surface area contributed by atoms with E-state index in [1.54, 1.807) is 25.6 Å². The van der Waals surface area contributed by atoms with Gasteiger partial charge in [0.1, 0.15) is 5.56 Å². The number of nitrogens with one attached hydrogen (secondary N) is 2. The van der Waals surface area contributed by atoms with Crippen LogP contribution in [-0.2, 0) is 13.6 Å². The number of halogens is 1. The zero-order valence-corrected chi connectivity index (χ0v) is 13.1. The van der Waals surface area contributed by atoms with Crippen molar-refractivity contribution in [2.24, 2.45) is 7.05 Å². The minimum Gasteiger partial charge on any atom is -0.346 e. The molecule has 2 aromatic rings. The second-order valence-electron chi connectivity index (χ2n) is 4.98. The summed E-state index contributed by atoms with van der Waals surface area (Å²) in [6.45, 7) is 5.52. The van der Waals surface area contributed by atoms with Crippen LogP contribution in [0, 0.1) is 20.8 Å². The molecule has 2 heterocycles. The Labute approximate surface area is 127 Å². The van der Waals surface area contributed by atoms with Crippen LogP contribution in [0.15, 0.2) is 10.9 Å². The summed E-state index contributed by atoms with van der Waals surface area (Å²) in [7, 11) is 1.80. The number of nitrogens with zero attached hydrogens (tertiary/aromatic N) is 2. The van der Waals surface area contributed by atoms with E-state index in [4.69, 9.17) is 11.6 Å². The number of rotatable bonds is 3. The summed E-state index contributed by atoms with van der Waals surface area (Å²) in [5, 5.41) is 7.32. The lowest BCUT2D eigenvalue weighted by Gasteiger charge is -2.09. The third kappa shape index (κ3) is 3.00. The Kier molecular flexibility index (Phi) is 4.18. The average Bonchev–Trinajstić information content (AvgIpc) is 2.72. The number of aryl methyl sites for hydroxylation is 3. The van der Waals surface area contributed by atoms with Crippen LogP contribution in [0.2, 0.25) is 5.02 Å². The van der Waals surface area contributed by atoms with Gasteiger partial charge in [0.15, 0.2) is 0 Å². The molecule has 0 aliphatic heterocycles. The molecule has 2 N–H and O–H groups in total. The summed E-state index contributed by atoms with van der Waals surface area (Å²) < 4.78 is 1.69. The largest absolute Gasteiger partial charge is 0.346 e. The summed E-state index contributed by atoms with van der Waals surface area (Å²) in [5.41, 5.74) is 2.37. The zero-order valence-electron chi connectivity index (χ0n) is 12.4.